The van der Waals surface area contributed by atoms with E-state index in [0.29, 0.717) is 24.3 Å². The van der Waals surface area contributed by atoms with Gasteiger partial charge < -0.3 is 10.6 Å². The highest BCUT2D eigenvalue weighted by molar-refractivity contribution is 6.40. The molecular weight excluding hydrogens is 116 g/mol. The van der Waals surface area contributed by atoms with Gasteiger partial charge in [0.15, 0.2) is 0 Å². The van der Waals surface area contributed by atoms with Gasteiger partial charge in [-0.05, 0) is 12.8 Å². The Morgan fingerprint density at radius 2 is 2.00 bits per heavy atom. The monoisotopic (exact) mass is 128 g/mol. The zero-order valence-corrected chi connectivity index (χ0v) is 5.81. The minimum atomic E-state index is 0.417. The average molecular weight is 128 g/mol. The third-order valence-corrected chi connectivity index (χ3v) is 1.16. The van der Waals surface area contributed by atoms with Gasteiger partial charge >= 0.3 is 0 Å². The molecule has 0 aromatic rings. The van der Waals surface area contributed by atoms with E-state index in [1.165, 1.54) is 0 Å². The predicted octanol–water partition coefficient (Wildman–Crippen LogP) is 1.66. The number of nitrogens with one attached hydrogen (secondary N) is 1. The van der Waals surface area contributed by atoms with Crippen LogP contribution in [0.4, 0.5) is 0 Å². The second-order valence-corrected chi connectivity index (χ2v) is 1.73. The minimum Gasteiger partial charge on any atom is -0.411 e. The third kappa shape index (κ3) is 2.26. The molecule has 0 aromatic heterocycles. The first kappa shape index (κ1) is 8.14. The number of hydrogen-bond acceptors (Lipinski definition) is 3. The Morgan fingerprint density at radius 3 is 2.11 bits per heavy atom. The lowest BCUT2D eigenvalue weighted by Crippen LogP contribution is -2.09. The van der Waals surface area contributed by atoms with Crippen LogP contribution in [0.3, 0.4) is 0 Å². The van der Waals surface area contributed by atoms with E-state index in [1.807, 2.05) is 13.8 Å². The summed E-state index contributed by atoms with van der Waals surface area (Å²) in [6.45, 7) is 3.72. The fourth-order valence-electron chi connectivity index (χ4n) is 0.549. The fourth-order valence-corrected chi connectivity index (χ4v) is 0.549. The van der Waals surface area contributed by atoms with Crippen molar-refractivity contribution in [3.8, 4) is 0 Å². The summed E-state index contributed by atoms with van der Waals surface area (Å²) >= 11 is 0. The Hall–Kier alpha value is -0.860. The summed E-state index contributed by atoms with van der Waals surface area (Å²) in [5, 5.41) is 18.4. The molecular formula is C6H12N2O. The van der Waals surface area contributed by atoms with Crippen LogP contribution in [0.15, 0.2) is 5.16 Å². The molecule has 0 heterocycles. The summed E-state index contributed by atoms with van der Waals surface area (Å²) in [6, 6.07) is 0. The molecule has 0 aliphatic heterocycles. The number of oxime groups is 1. The van der Waals surface area contributed by atoms with Crippen LogP contribution in [0, 0.1) is 5.41 Å². The smallest absolute Gasteiger partial charge is 0.0999 e. The number of nitrogens with zero attached hydrogens (tertiary/aromatic N) is 1. The Labute approximate surface area is 54.9 Å². The van der Waals surface area contributed by atoms with Gasteiger partial charge in [-0.15, -0.1) is 0 Å². The van der Waals surface area contributed by atoms with Crippen molar-refractivity contribution in [3.63, 3.8) is 0 Å². The van der Waals surface area contributed by atoms with Gasteiger partial charge in [0, 0.05) is 0 Å². The average Bonchev–Trinajstić information content (AvgIpc) is 1.90. The molecule has 52 valence electrons. The van der Waals surface area contributed by atoms with Crippen molar-refractivity contribution < 1.29 is 5.21 Å². The van der Waals surface area contributed by atoms with Gasteiger partial charge in [0.1, 0.15) is 0 Å². The van der Waals surface area contributed by atoms with Crippen LogP contribution in [0.2, 0.25) is 0 Å². The first-order chi connectivity index (χ1) is 4.26. The van der Waals surface area contributed by atoms with E-state index in [4.69, 9.17) is 10.6 Å². The molecule has 0 atom stereocenters. The molecule has 0 fully saturated rings. The van der Waals surface area contributed by atoms with Crippen LogP contribution in [0.25, 0.3) is 0 Å². The summed E-state index contributed by atoms with van der Waals surface area (Å²) in [7, 11) is 0. The lowest BCUT2D eigenvalue weighted by Gasteiger charge is -1.97. The van der Waals surface area contributed by atoms with Crippen molar-refractivity contribution in [1.29, 1.82) is 5.41 Å². The van der Waals surface area contributed by atoms with Crippen molar-refractivity contribution in [2.24, 2.45) is 5.16 Å². The zero-order chi connectivity index (χ0) is 7.28. The molecule has 0 saturated heterocycles. The summed E-state index contributed by atoms with van der Waals surface area (Å²) in [6.07, 6.45) is 1.26. The standard InChI is InChI=1S/C6H12N2O/c1-3-5(7)6(4-2)8-9/h7,9H,3-4H2,1-2H3/b7-5?,8-6-. The van der Waals surface area contributed by atoms with E-state index in [0.717, 1.165) is 0 Å². The number of hydrogen-bond donors (Lipinski definition) is 2. The molecule has 0 amide bonds. The normalized spacial score (nSPS) is 11.6. The quantitative estimate of drug-likeness (QED) is 0.339. The molecule has 0 aliphatic carbocycles. The van der Waals surface area contributed by atoms with E-state index in [9.17, 15) is 0 Å². The maximum atomic E-state index is 8.27. The molecule has 0 unspecified atom stereocenters. The highest BCUT2D eigenvalue weighted by atomic mass is 16.4. The molecule has 0 rings (SSSR count). The van der Waals surface area contributed by atoms with Crippen molar-refractivity contribution in [2.75, 3.05) is 0 Å². The minimum absolute atomic E-state index is 0.417. The molecule has 3 nitrogen and oxygen atoms in total. The van der Waals surface area contributed by atoms with Gasteiger partial charge in [0.05, 0.1) is 11.4 Å². The fraction of sp³-hybridized carbons (Fsp3) is 0.667. The topological polar surface area (TPSA) is 56.4 Å². The molecule has 0 bridgehead atoms. The van der Waals surface area contributed by atoms with Gasteiger partial charge in [-0.1, -0.05) is 19.0 Å². The maximum absolute atomic E-state index is 8.27. The number of rotatable bonds is 3. The Bertz CT molecular complexity index is 129. The maximum Gasteiger partial charge on any atom is 0.0999 e. The van der Waals surface area contributed by atoms with Gasteiger partial charge in [-0.25, -0.2) is 0 Å². The van der Waals surface area contributed by atoms with Gasteiger partial charge in [-0.3, -0.25) is 0 Å². The van der Waals surface area contributed by atoms with Crippen LogP contribution in [0.5, 0.6) is 0 Å². The lowest BCUT2D eigenvalue weighted by atomic mass is 10.1. The first-order valence-corrected chi connectivity index (χ1v) is 3.04. The van der Waals surface area contributed by atoms with Gasteiger partial charge in [0.25, 0.3) is 0 Å². The van der Waals surface area contributed by atoms with Crippen LogP contribution >= 0.6 is 0 Å². The summed E-state index contributed by atoms with van der Waals surface area (Å²) < 4.78 is 0. The molecule has 2 N–H and O–H groups in total. The lowest BCUT2D eigenvalue weighted by molar-refractivity contribution is 0.319. The van der Waals surface area contributed by atoms with Crippen LogP contribution in [-0.4, -0.2) is 16.6 Å². The van der Waals surface area contributed by atoms with Crippen molar-refractivity contribution in [3.05, 3.63) is 0 Å². The largest absolute Gasteiger partial charge is 0.411 e. The first-order valence-electron chi connectivity index (χ1n) is 3.04. The second kappa shape index (κ2) is 4.06. The van der Waals surface area contributed by atoms with Crippen molar-refractivity contribution in [1.82, 2.24) is 0 Å². The van der Waals surface area contributed by atoms with Gasteiger partial charge in [-0.2, -0.15) is 0 Å². The van der Waals surface area contributed by atoms with Crippen LogP contribution in [0.1, 0.15) is 26.7 Å². The van der Waals surface area contributed by atoms with E-state index >= 15 is 0 Å². The van der Waals surface area contributed by atoms with Gasteiger partial charge in [0.2, 0.25) is 0 Å². The zero-order valence-electron chi connectivity index (χ0n) is 5.81. The summed E-state index contributed by atoms with van der Waals surface area (Å²) in [4.78, 5) is 0. The summed E-state index contributed by atoms with van der Waals surface area (Å²) in [5.41, 5.74) is 0.900. The highest BCUT2D eigenvalue weighted by Gasteiger charge is 2.00. The van der Waals surface area contributed by atoms with Crippen molar-refractivity contribution >= 4 is 11.4 Å². The highest BCUT2D eigenvalue weighted by Crippen LogP contribution is 1.91. The molecule has 0 spiro atoms. The SMILES string of the molecule is CCC(=N)/C(CC)=N\O. The van der Waals surface area contributed by atoms with E-state index in [2.05, 4.69) is 5.16 Å². The predicted molar refractivity (Wildman–Crippen MR) is 37.5 cm³/mol. The third-order valence-electron chi connectivity index (χ3n) is 1.16. The molecule has 0 saturated carbocycles. The van der Waals surface area contributed by atoms with Crippen molar-refractivity contribution in [2.45, 2.75) is 26.7 Å². The molecule has 9 heavy (non-hydrogen) atoms. The van der Waals surface area contributed by atoms with Crippen LogP contribution in [-0.2, 0) is 0 Å². The van der Waals surface area contributed by atoms with Crippen LogP contribution < -0.4 is 0 Å². The molecule has 3 heteroatoms. The Balaban J connectivity index is 3.97. The molecule has 0 aromatic carbocycles. The van der Waals surface area contributed by atoms with E-state index < -0.39 is 0 Å². The molecule has 0 radical (unpaired) electrons. The Morgan fingerprint density at radius 1 is 1.44 bits per heavy atom. The second-order valence-electron chi connectivity index (χ2n) is 1.73. The summed E-state index contributed by atoms with van der Waals surface area (Å²) in [5.74, 6) is 0. The Kier molecular flexibility index (Phi) is 3.67. The van der Waals surface area contributed by atoms with E-state index in [-0.39, 0.29) is 0 Å². The van der Waals surface area contributed by atoms with E-state index in [1.54, 1.807) is 0 Å². The molecule has 0 aliphatic rings.